The Morgan fingerprint density at radius 2 is 0.587 bits per heavy atom. The van der Waals surface area contributed by atoms with Gasteiger partial charge in [-0.05, 0) is 42.5 Å². The molecule has 75 heavy (non-hydrogen) atoms. The molecule has 0 unspecified atom stereocenters. The van der Waals surface area contributed by atoms with Crippen molar-refractivity contribution in [3.8, 4) is 0 Å². The van der Waals surface area contributed by atoms with Crippen molar-refractivity contribution in [1.82, 2.24) is 0 Å². The lowest BCUT2D eigenvalue weighted by Crippen LogP contribution is -2.75. The van der Waals surface area contributed by atoms with Crippen molar-refractivity contribution in [1.29, 1.82) is 0 Å². The molecule has 0 amide bonds. The molecule has 6 aromatic carbocycles. The Labute approximate surface area is 404 Å². The van der Waals surface area contributed by atoms with Gasteiger partial charge in [0.2, 0.25) is 5.52 Å². The third-order valence-corrected chi connectivity index (χ3v) is 11.5. The number of nitrogens with zero attached hydrogens (tertiary/aromatic N) is 1. The molecule has 0 aliphatic carbocycles. The quantitative estimate of drug-likeness (QED) is 0.0888. The molecule has 0 fully saturated rings. The second-order valence-electron chi connectivity index (χ2n) is 16.5. The Bertz CT molecular complexity index is 2750. The van der Waals surface area contributed by atoms with Crippen LogP contribution in [-0.2, 0) is 56.0 Å². The van der Waals surface area contributed by atoms with Gasteiger partial charge < -0.3 is 0 Å². The summed E-state index contributed by atoms with van der Waals surface area (Å²) in [5.41, 5.74) is -27.9. The van der Waals surface area contributed by atoms with Crippen LogP contribution in [0, 0.1) is 5.82 Å². The molecule has 0 spiro atoms. The average molecular weight is 1100 g/mol. The molecule has 0 saturated heterocycles. The summed E-state index contributed by atoms with van der Waals surface area (Å²) in [5.74, 6) is -0.194. The van der Waals surface area contributed by atoms with E-state index in [9.17, 15) is 110 Å². The van der Waals surface area contributed by atoms with E-state index in [1.165, 1.54) is 11.6 Å². The zero-order valence-electron chi connectivity index (χ0n) is 36.5. The lowest BCUT2D eigenvalue weighted by Gasteiger charge is -2.46. The molecular formula is C48H25BF25N. The summed E-state index contributed by atoms with van der Waals surface area (Å²) in [6.45, 7) is 0.795. The van der Waals surface area contributed by atoms with E-state index in [-0.39, 0.29) is 5.82 Å². The minimum Gasteiger partial charge on any atom is -0.207 e. The number of alkyl halides is 24. The first-order chi connectivity index (χ1) is 34.1. The largest absolute Gasteiger partial charge is 0.416 e. The third-order valence-electron chi connectivity index (χ3n) is 11.5. The molecule has 0 saturated carbocycles. The van der Waals surface area contributed by atoms with Gasteiger partial charge in [-0.1, -0.05) is 78.9 Å². The third kappa shape index (κ3) is 12.9. The molecule has 1 heterocycles. The van der Waals surface area contributed by atoms with E-state index in [1.54, 1.807) is 6.07 Å². The number of hydrogen-bond donors (Lipinski definition) is 0. The summed E-state index contributed by atoms with van der Waals surface area (Å²) in [6.07, 6.45) is -52.8. The minimum absolute atomic E-state index is 0.194. The van der Waals surface area contributed by atoms with Gasteiger partial charge in [0.25, 0.3) is 0 Å². The predicted octanol–water partition coefficient (Wildman–Crippen LogP) is 14.5. The van der Waals surface area contributed by atoms with Crippen LogP contribution in [0.5, 0.6) is 0 Å². The number of aromatic nitrogens is 1. The molecule has 0 N–H and O–H groups in total. The van der Waals surface area contributed by atoms with Crippen LogP contribution in [0.2, 0.25) is 0 Å². The highest BCUT2D eigenvalue weighted by Gasteiger charge is 2.47. The summed E-state index contributed by atoms with van der Waals surface area (Å²) in [4.78, 5) is 0. The monoisotopic (exact) mass is 1100 g/mol. The summed E-state index contributed by atoms with van der Waals surface area (Å²) >= 11 is 0. The van der Waals surface area contributed by atoms with Crippen LogP contribution in [0.1, 0.15) is 50.1 Å². The van der Waals surface area contributed by atoms with Crippen LogP contribution in [0.25, 0.3) is 10.9 Å². The van der Waals surface area contributed by atoms with Crippen molar-refractivity contribution < 1.29 is 114 Å². The van der Waals surface area contributed by atoms with Gasteiger partial charge in [-0.3, -0.25) is 0 Å². The molecule has 0 radical (unpaired) electrons. The van der Waals surface area contributed by atoms with Crippen LogP contribution in [-0.4, -0.2) is 6.15 Å². The van der Waals surface area contributed by atoms with Gasteiger partial charge in [0.15, 0.2) is 12.7 Å². The molecular weight excluding hydrogens is 1080 g/mol. The molecule has 0 aliphatic rings. The van der Waals surface area contributed by atoms with Crippen LogP contribution >= 0.6 is 0 Å². The lowest BCUT2D eigenvalue weighted by atomic mass is 9.12. The van der Waals surface area contributed by atoms with Gasteiger partial charge in [-0.25, -0.2) is 4.39 Å². The number of rotatable bonds is 6. The van der Waals surface area contributed by atoms with Crippen LogP contribution in [0.3, 0.4) is 0 Å². The number of benzene rings is 6. The fraction of sp³-hybridized carbons (Fsp3) is 0.188. The van der Waals surface area contributed by atoms with E-state index in [2.05, 4.69) is 16.7 Å². The van der Waals surface area contributed by atoms with Crippen molar-refractivity contribution in [3.63, 3.8) is 0 Å². The normalized spacial score (nSPS) is 13.5. The second kappa shape index (κ2) is 19.6. The van der Waals surface area contributed by atoms with E-state index < -0.39 is 195 Å². The number of halogens is 25. The van der Waals surface area contributed by atoms with Gasteiger partial charge >= 0.3 is 49.4 Å². The van der Waals surface area contributed by atoms with E-state index >= 15 is 0 Å². The first kappa shape index (κ1) is 57.3. The van der Waals surface area contributed by atoms with Crippen LogP contribution < -0.4 is 26.4 Å². The van der Waals surface area contributed by atoms with Gasteiger partial charge in [0.05, 0.1) is 44.5 Å². The molecule has 1 aromatic heterocycles. The van der Waals surface area contributed by atoms with Crippen LogP contribution in [0.15, 0.2) is 140 Å². The Morgan fingerprint density at radius 3 is 0.853 bits per heavy atom. The fourth-order valence-electron chi connectivity index (χ4n) is 8.24. The SMILES string of the molecule is FC(F)(F)c1cc([B-](c2cc(C(F)(F)F)cc(C(F)(F)F)c2)(c2cc(C(F)(F)F)cc(C(F)(F)F)c2)c2cc(C(F)(F)F)cc(C(F)(F)F)c2)cc(C(F)(F)F)c1.Fc1ccc2c(ccc[n+]2Cc2ccccc2)c1. The summed E-state index contributed by atoms with van der Waals surface area (Å²) in [5, 5.41) is 0.924. The highest BCUT2D eigenvalue weighted by Crippen LogP contribution is 2.41. The lowest BCUT2D eigenvalue weighted by molar-refractivity contribution is -0.662. The zero-order valence-corrected chi connectivity index (χ0v) is 36.5. The maximum Gasteiger partial charge on any atom is 0.416 e. The predicted molar refractivity (Wildman–Crippen MR) is 220 cm³/mol. The molecule has 0 bridgehead atoms. The minimum atomic E-state index is -6.13. The van der Waals surface area contributed by atoms with Crippen molar-refractivity contribution in [2.75, 3.05) is 0 Å². The standard InChI is InChI=1S/C32H12BF24.C16H13FN/c34-25(35,36)13-1-14(26(37,38)39)6-21(5-13)33(22-7-15(27(40,41)42)2-16(8-22)28(43,44)45,23-9-17(29(46,47)48)3-18(10-23)30(49,50)51)24-11-19(31(52,53)54)4-20(12-24)32(55,56)57;17-15-8-9-16-14(11-15)7-4-10-18(16)12-13-5-2-1-3-6-13/h1-12H;1-11H,12H2/q-1;+1. The van der Waals surface area contributed by atoms with E-state index in [1.807, 2.05) is 42.6 Å². The Balaban J connectivity index is 0.000000421. The molecule has 1 nitrogen and oxygen atoms in total. The molecule has 7 aromatic rings. The fourth-order valence-corrected chi connectivity index (χ4v) is 8.24. The Kier molecular flexibility index (Phi) is 15.0. The van der Waals surface area contributed by atoms with Gasteiger partial charge in [0, 0.05) is 23.1 Å². The summed E-state index contributed by atoms with van der Waals surface area (Å²) in [7, 11) is 0. The van der Waals surface area contributed by atoms with E-state index in [0.717, 1.165) is 17.4 Å². The van der Waals surface area contributed by atoms with Crippen molar-refractivity contribution in [3.05, 3.63) is 196 Å². The highest BCUT2D eigenvalue weighted by molar-refractivity contribution is 7.20. The van der Waals surface area contributed by atoms with Crippen LogP contribution in [0.4, 0.5) is 110 Å². The molecule has 400 valence electrons. The van der Waals surface area contributed by atoms with Crippen molar-refractivity contribution >= 4 is 38.9 Å². The molecule has 7 rings (SSSR count). The first-order valence-electron chi connectivity index (χ1n) is 20.6. The second-order valence-corrected chi connectivity index (χ2v) is 16.5. The van der Waals surface area contributed by atoms with Gasteiger partial charge in [-0.2, -0.15) is 132 Å². The number of pyridine rings is 1. The Morgan fingerprint density at radius 1 is 0.307 bits per heavy atom. The van der Waals surface area contributed by atoms with E-state index in [0.29, 0.717) is 0 Å². The van der Waals surface area contributed by atoms with E-state index in [4.69, 9.17) is 0 Å². The smallest absolute Gasteiger partial charge is 0.207 e. The van der Waals surface area contributed by atoms with Crippen molar-refractivity contribution in [2.45, 2.75) is 56.0 Å². The summed E-state index contributed by atoms with van der Waals surface area (Å²) < 4.78 is 356. The number of fused-ring (bicyclic) bond motifs is 1. The maximum atomic E-state index is 14.2. The molecule has 27 heteroatoms. The van der Waals surface area contributed by atoms with Crippen molar-refractivity contribution in [2.24, 2.45) is 0 Å². The maximum absolute atomic E-state index is 14.2. The average Bonchev–Trinajstić information content (AvgIpc) is 3.27. The zero-order chi connectivity index (χ0) is 56.3. The van der Waals surface area contributed by atoms with Gasteiger partial charge in [-0.15, -0.1) is 0 Å². The van der Waals surface area contributed by atoms with Gasteiger partial charge in [0.1, 0.15) is 12.0 Å². The number of hydrogen-bond acceptors (Lipinski definition) is 0. The molecule has 0 atom stereocenters. The topological polar surface area (TPSA) is 3.88 Å². The summed E-state index contributed by atoms with van der Waals surface area (Å²) in [6, 6.07) is 10.2. The highest BCUT2D eigenvalue weighted by atomic mass is 19.4. The molecule has 0 aliphatic heterocycles. The Hall–Kier alpha value is -6.96. The first-order valence-corrected chi connectivity index (χ1v) is 20.6.